The molecule has 0 fully saturated rings. The van der Waals surface area contributed by atoms with Gasteiger partial charge >= 0.3 is 0 Å². The largest absolute Gasteiger partial charge is 0.295 e. The van der Waals surface area contributed by atoms with Gasteiger partial charge in [0.25, 0.3) is 0 Å². The van der Waals surface area contributed by atoms with Gasteiger partial charge in [-0.05, 0) is 41.2 Å². The standard InChI is InChI=1S/C18H16O/c1-13-15(11-12-18(13)19)17-10-6-5-9-16(17)14-7-3-2-4-8-14/h2-10H,11-12H2,1H3. The van der Waals surface area contributed by atoms with Crippen molar-refractivity contribution in [1.29, 1.82) is 0 Å². The smallest absolute Gasteiger partial charge is 0.159 e. The molecule has 94 valence electrons. The van der Waals surface area contributed by atoms with Crippen LogP contribution in [0, 0.1) is 0 Å². The summed E-state index contributed by atoms with van der Waals surface area (Å²) >= 11 is 0. The molecule has 0 atom stereocenters. The second kappa shape index (κ2) is 4.85. The highest BCUT2D eigenvalue weighted by Gasteiger charge is 2.21. The minimum atomic E-state index is 0.290. The fourth-order valence-corrected chi connectivity index (χ4v) is 2.73. The van der Waals surface area contributed by atoms with Gasteiger partial charge in [0, 0.05) is 6.42 Å². The summed E-state index contributed by atoms with van der Waals surface area (Å²) in [5.41, 5.74) is 5.77. The molecule has 0 spiro atoms. The fourth-order valence-electron chi connectivity index (χ4n) is 2.73. The number of allylic oxidation sites excluding steroid dienone is 2. The number of benzene rings is 2. The van der Waals surface area contributed by atoms with Gasteiger partial charge in [0.05, 0.1) is 0 Å². The molecule has 2 aromatic rings. The van der Waals surface area contributed by atoms with Gasteiger partial charge in [-0.15, -0.1) is 0 Å². The van der Waals surface area contributed by atoms with E-state index < -0.39 is 0 Å². The first-order chi connectivity index (χ1) is 9.27. The van der Waals surface area contributed by atoms with Gasteiger partial charge in [0.15, 0.2) is 5.78 Å². The number of Topliss-reactive ketones (excluding diaryl/α,β-unsaturated/α-hetero) is 1. The first kappa shape index (κ1) is 11.9. The quantitative estimate of drug-likeness (QED) is 0.765. The third-order valence-electron chi connectivity index (χ3n) is 3.81. The minimum Gasteiger partial charge on any atom is -0.295 e. The van der Waals surface area contributed by atoms with Crippen molar-refractivity contribution in [1.82, 2.24) is 0 Å². The summed E-state index contributed by atoms with van der Waals surface area (Å²) < 4.78 is 0. The molecule has 0 aromatic heterocycles. The van der Waals surface area contributed by atoms with Gasteiger partial charge < -0.3 is 0 Å². The number of rotatable bonds is 2. The average molecular weight is 248 g/mol. The molecule has 2 aromatic carbocycles. The van der Waals surface area contributed by atoms with Crippen LogP contribution in [0.1, 0.15) is 25.3 Å². The van der Waals surface area contributed by atoms with E-state index in [-0.39, 0.29) is 5.78 Å². The molecule has 0 unspecified atom stereocenters. The van der Waals surface area contributed by atoms with Gasteiger partial charge in [0.2, 0.25) is 0 Å². The van der Waals surface area contributed by atoms with Crippen LogP contribution in [0.4, 0.5) is 0 Å². The van der Waals surface area contributed by atoms with Crippen molar-refractivity contribution in [2.24, 2.45) is 0 Å². The topological polar surface area (TPSA) is 17.1 Å². The highest BCUT2D eigenvalue weighted by atomic mass is 16.1. The van der Waals surface area contributed by atoms with E-state index in [1.54, 1.807) is 0 Å². The zero-order valence-corrected chi connectivity index (χ0v) is 11.0. The van der Waals surface area contributed by atoms with E-state index in [0.29, 0.717) is 6.42 Å². The Balaban J connectivity index is 2.17. The maximum Gasteiger partial charge on any atom is 0.159 e. The van der Waals surface area contributed by atoms with Gasteiger partial charge in [-0.25, -0.2) is 0 Å². The van der Waals surface area contributed by atoms with Crippen LogP contribution in [0.3, 0.4) is 0 Å². The SMILES string of the molecule is CC1=C(c2ccccc2-c2ccccc2)CCC1=O. The zero-order chi connectivity index (χ0) is 13.2. The summed E-state index contributed by atoms with van der Waals surface area (Å²) in [6.07, 6.45) is 1.53. The summed E-state index contributed by atoms with van der Waals surface area (Å²) in [5.74, 6) is 0.290. The van der Waals surface area contributed by atoms with Crippen molar-refractivity contribution >= 4 is 11.4 Å². The summed E-state index contributed by atoms with van der Waals surface area (Å²) in [5, 5.41) is 0. The molecule has 0 radical (unpaired) electrons. The summed E-state index contributed by atoms with van der Waals surface area (Å²) in [7, 11) is 0. The fraction of sp³-hybridized carbons (Fsp3) is 0.167. The molecular weight excluding hydrogens is 232 g/mol. The molecule has 0 N–H and O–H groups in total. The Morgan fingerprint density at radius 1 is 0.789 bits per heavy atom. The van der Waals surface area contributed by atoms with Crippen molar-refractivity contribution in [3.63, 3.8) is 0 Å². The van der Waals surface area contributed by atoms with Crippen molar-refractivity contribution in [3.05, 3.63) is 65.7 Å². The molecule has 1 aliphatic rings. The molecule has 3 rings (SSSR count). The molecule has 1 heteroatoms. The van der Waals surface area contributed by atoms with E-state index in [1.165, 1.54) is 22.3 Å². The van der Waals surface area contributed by atoms with Gasteiger partial charge in [-0.3, -0.25) is 4.79 Å². The molecule has 19 heavy (non-hydrogen) atoms. The molecular formula is C18H16O. The lowest BCUT2D eigenvalue weighted by Gasteiger charge is -2.11. The Morgan fingerprint density at radius 2 is 1.42 bits per heavy atom. The second-order valence-electron chi connectivity index (χ2n) is 4.94. The van der Waals surface area contributed by atoms with Gasteiger partial charge in [0.1, 0.15) is 0 Å². The van der Waals surface area contributed by atoms with E-state index in [9.17, 15) is 4.79 Å². The van der Waals surface area contributed by atoms with Crippen molar-refractivity contribution < 1.29 is 4.79 Å². The predicted molar refractivity (Wildman–Crippen MR) is 78.7 cm³/mol. The summed E-state index contributed by atoms with van der Waals surface area (Å²) in [6.45, 7) is 1.95. The lowest BCUT2D eigenvalue weighted by Crippen LogP contribution is -1.92. The summed E-state index contributed by atoms with van der Waals surface area (Å²) in [6, 6.07) is 18.7. The van der Waals surface area contributed by atoms with Crippen molar-refractivity contribution in [3.8, 4) is 11.1 Å². The van der Waals surface area contributed by atoms with Crippen molar-refractivity contribution in [2.75, 3.05) is 0 Å². The van der Waals surface area contributed by atoms with E-state index in [1.807, 2.05) is 31.2 Å². The number of ketones is 1. The lowest BCUT2D eigenvalue weighted by molar-refractivity contribution is -0.114. The number of carbonyl (C=O) groups is 1. The zero-order valence-electron chi connectivity index (χ0n) is 11.0. The monoisotopic (exact) mass is 248 g/mol. The van der Waals surface area contributed by atoms with Crippen LogP contribution in [0.5, 0.6) is 0 Å². The van der Waals surface area contributed by atoms with Crippen LogP contribution < -0.4 is 0 Å². The number of carbonyl (C=O) groups excluding carboxylic acids is 1. The normalized spacial score (nSPS) is 15.1. The average Bonchev–Trinajstić information content (AvgIpc) is 2.80. The Labute approximate surface area is 113 Å². The van der Waals surface area contributed by atoms with Gasteiger partial charge in [-0.2, -0.15) is 0 Å². The molecule has 1 nitrogen and oxygen atoms in total. The Hall–Kier alpha value is -2.15. The number of hydrogen-bond acceptors (Lipinski definition) is 1. The molecule has 0 amide bonds. The highest BCUT2D eigenvalue weighted by Crippen LogP contribution is 2.36. The Bertz CT molecular complexity index is 650. The van der Waals surface area contributed by atoms with Crippen molar-refractivity contribution in [2.45, 2.75) is 19.8 Å². The van der Waals surface area contributed by atoms with Crippen LogP contribution in [-0.4, -0.2) is 5.78 Å². The Kier molecular flexibility index (Phi) is 3.04. The Morgan fingerprint density at radius 3 is 2.05 bits per heavy atom. The molecule has 0 bridgehead atoms. The second-order valence-corrected chi connectivity index (χ2v) is 4.94. The van der Waals surface area contributed by atoms with Crippen LogP contribution in [0.15, 0.2) is 60.2 Å². The van der Waals surface area contributed by atoms with E-state index in [2.05, 4.69) is 30.3 Å². The van der Waals surface area contributed by atoms with Gasteiger partial charge in [-0.1, -0.05) is 54.6 Å². The maximum atomic E-state index is 11.7. The van der Waals surface area contributed by atoms with E-state index in [4.69, 9.17) is 0 Å². The lowest BCUT2D eigenvalue weighted by atomic mass is 9.93. The maximum absolute atomic E-state index is 11.7. The summed E-state index contributed by atoms with van der Waals surface area (Å²) in [4.78, 5) is 11.7. The molecule has 0 saturated carbocycles. The molecule has 1 aliphatic carbocycles. The minimum absolute atomic E-state index is 0.290. The highest BCUT2D eigenvalue weighted by molar-refractivity contribution is 6.07. The molecule has 0 aliphatic heterocycles. The molecule has 0 saturated heterocycles. The first-order valence-corrected chi connectivity index (χ1v) is 6.65. The predicted octanol–water partition coefficient (Wildman–Crippen LogP) is 4.49. The first-order valence-electron chi connectivity index (χ1n) is 6.65. The number of hydrogen-bond donors (Lipinski definition) is 0. The molecule has 0 heterocycles. The van der Waals surface area contributed by atoms with Crippen LogP contribution in [-0.2, 0) is 4.79 Å². The van der Waals surface area contributed by atoms with E-state index >= 15 is 0 Å². The third kappa shape index (κ3) is 2.12. The van der Waals surface area contributed by atoms with Crippen LogP contribution in [0.25, 0.3) is 16.7 Å². The van der Waals surface area contributed by atoms with Crippen LogP contribution >= 0.6 is 0 Å². The van der Waals surface area contributed by atoms with Crippen LogP contribution in [0.2, 0.25) is 0 Å². The van der Waals surface area contributed by atoms with E-state index in [0.717, 1.165) is 12.0 Å². The third-order valence-corrected chi connectivity index (χ3v) is 3.81.